The number of H-pyrrole nitrogens is 1. The molecule has 1 aromatic carbocycles. The molecule has 0 radical (unpaired) electrons. The van der Waals surface area contributed by atoms with E-state index in [0.29, 0.717) is 11.2 Å². The van der Waals surface area contributed by atoms with Crippen LogP contribution >= 0.6 is 0 Å². The Morgan fingerprint density at radius 2 is 2.50 bits per heavy atom. The molecule has 0 saturated carbocycles. The monoisotopic (exact) mass is 310 g/mol. The van der Waals surface area contributed by atoms with E-state index >= 15 is 0 Å². The van der Waals surface area contributed by atoms with E-state index in [9.17, 15) is 8.42 Å². The van der Waals surface area contributed by atoms with Crippen molar-refractivity contribution in [3.05, 3.63) is 35.5 Å². The number of nitrogens with one attached hydrogen (secondary N) is 2. The van der Waals surface area contributed by atoms with Crippen LogP contribution in [0.1, 0.15) is 28.9 Å². The second-order valence-corrected chi connectivity index (χ2v) is 5.50. The van der Waals surface area contributed by atoms with E-state index in [1.54, 1.807) is 0 Å². The quantitative estimate of drug-likeness (QED) is 0.846. The number of hydrogen-bond donors (Lipinski definition) is 2. The molecule has 1 heterocycles. The Kier molecular flexibility index (Phi) is 1.44. The summed E-state index contributed by atoms with van der Waals surface area (Å²) >= 11 is 0. The minimum atomic E-state index is -4.99. The van der Waals surface area contributed by atoms with E-state index in [-0.39, 0.29) is 4.90 Å². The van der Waals surface area contributed by atoms with Gasteiger partial charge < -0.3 is 9.88 Å². The van der Waals surface area contributed by atoms with Gasteiger partial charge in [0, 0.05) is 37.3 Å². The van der Waals surface area contributed by atoms with Crippen LogP contribution in [-0.4, -0.2) is 45.8 Å². The van der Waals surface area contributed by atoms with Crippen molar-refractivity contribution >= 4 is 20.9 Å². The summed E-state index contributed by atoms with van der Waals surface area (Å²) < 4.78 is 141. The largest absolute Gasteiger partial charge is 0.361 e. The highest BCUT2D eigenvalue weighted by Crippen LogP contribution is 2.21. The predicted molar refractivity (Wildman–Crippen MR) is 82.2 cm³/mol. The molecule has 0 aliphatic rings. The molecule has 0 unspecified atom stereocenters. The first-order valence-corrected chi connectivity index (χ1v) is 6.91. The van der Waals surface area contributed by atoms with Crippen LogP contribution in [0, 0.1) is 0 Å². The zero-order valence-corrected chi connectivity index (χ0v) is 11.2. The van der Waals surface area contributed by atoms with Gasteiger partial charge in [-0.2, -0.15) is 0 Å². The van der Waals surface area contributed by atoms with Crippen molar-refractivity contribution in [3.63, 3.8) is 0 Å². The number of fused-ring (bicyclic) bond motifs is 1. The molecule has 0 aliphatic carbocycles. The molecule has 0 saturated heterocycles. The molecule has 1 aromatic heterocycles. The molecule has 2 rings (SSSR count). The number of benzene rings is 1. The first-order chi connectivity index (χ1) is 15.4. The number of aromatic amines is 1. The van der Waals surface area contributed by atoms with Crippen molar-refractivity contribution in [1.82, 2.24) is 14.6 Å². The van der Waals surface area contributed by atoms with Gasteiger partial charge in [-0.1, -0.05) is 6.04 Å². The number of aryl methyl sites for hydroxylation is 1. The van der Waals surface area contributed by atoms with E-state index in [1.165, 1.54) is 0 Å². The molecule has 0 spiro atoms. The first kappa shape index (κ1) is 4.83. The lowest BCUT2D eigenvalue weighted by Crippen LogP contribution is -2.20. The SMILES string of the molecule is [2H]c1c(CS(=O)(=O)N([2H])C([2H])([2H])[2H])c([2H])c2c(C([2H])([2H])C([2H])([2H])N(C)C([2H])([2H])[2H])cn([2H])c2c1[2H]. The van der Waals surface area contributed by atoms with E-state index in [4.69, 9.17) is 20.6 Å². The third kappa shape index (κ3) is 3.59. The van der Waals surface area contributed by atoms with Crippen LogP contribution < -0.4 is 4.72 Å². The topological polar surface area (TPSA) is 65.2 Å². The molecule has 0 aliphatic heterocycles. The normalized spacial score (nSPS) is 26.2. The molecule has 2 N–H and O–H groups in total. The Morgan fingerprint density at radius 1 is 1.65 bits per heavy atom. The maximum atomic E-state index is 12.4. The van der Waals surface area contributed by atoms with Gasteiger partial charge >= 0.3 is 0 Å². The van der Waals surface area contributed by atoms with Crippen molar-refractivity contribution in [2.24, 2.45) is 0 Å². The fourth-order valence-electron chi connectivity index (χ4n) is 1.45. The van der Waals surface area contributed by atoms with Crippen LogP contribution in [0.15, 0.2) is 24.3 Å². The summed E-state index contributed by atoms with van der Waals surface area (Å²) in [4.78, 5) is 0.501. The Bertz CT molecular complexity index is 1250. The highest BCUT2D eigenvalue weighted by molar-refractivity contribution is 7.88. The fourth-order valence-corrected chi connectivity index (χ4v) is 2.02. The zero-order valence-electron chi connectivity index (χ0n) is 25.4. The van der Waals surface area contributed by atoms with Crippen molar-refractivity contribution < 1.29 is 29.1 Å². The summed E-state index contributed by atoms with van der Waals surface area (Å²) in [5.74, 6) is -1.40. The molecular weight excluding hydrogens is 274 g/mol. The van der Waals surface area contributed by atoms with Gasteiger partial charge in [0.15, 0.2) is 1.41 Å². The highest BCUT2D eigenvalue weighted by atomic mass is 32.2. The molecule has 110 valence electrons. The smallest absolute Gasteiger partial charge is 0.215 e. The highest BCUT2D eigenvalue weighted by Gasteiger charge is 2.11. The number of nitrogens with zero attached hydrogens (tertiary/aromatic N) is 1. The van der Waals surface area contributed by atoms with E-state index in [1.807, 2.05) is 0 Å². The Morgan fingerprint density at radius 3 is 3.25 bits per heavy atom. The molecule has 0 amide bonds. The Labute approximate surface area is 141 Å². The first-order valence-electron chi connectivity index (χ1n) is 12.7. The Hall–Kier alpha value is -1.37. The van der Waals surface area contributed by atoms with Crippen molar-refractivity contribution in [3.8, 4) is 0 Å². The third-order valence-corrected chi connectivity index (χ3v) is 3.19. The summed E-state index contributed by atoms with van der Waals surface area (Å²) in [5.41, 5.74) is -2.10. The Balaban J connectivity index is 2.88. The minimum absolute atomic E-state index is 0.122. The van der Waals surface area contributed by atoms with Gasteiger partial charge in [-0.3, -0.25) is 0 Å². The summed E-state index contributed by atoms with van der Waals surface area (Å²) in [6.45, 7) is -9.78. The maximum absolute atomic E-state index is 12.4. The van der Waals surface area contributed by atoms with E-state index < -0.39 is 87.5 Å². The number of aromatic nitrogens is 1. The van der Waals surface area contributed by atoms with Gasteiger partial charge in [-0.15, -0.1) is 0 Å². The fraction of sp³-hybridized carbons (Fsp3) is 0.429. The van der Waals surface area contributed by atoms with Gasteiger partial charge in [0.2, 0.25) is 10.0 Å². The van der Waals surface area contributed by atoms with Crippen LogP contribution in [0.4, 0.5) is 0 Å². The molecule has 20 heavy (non-hydrogen) atoms. The van der Waals surface area contributed by atoms with Crippen molar-refractivity contribution in [1.29, 1.82) is 0 Å². The lowest BCUT2D eigenvalue weighted by Gasteiger charge is -2.08. The third-order valence-electron chi connectivity index (χ3n) is 2.26. The van der Waals surface area contributed by atoms with Gasteiger partial charge in [-0.25, -0.2) is 13.1 Å². The lowest BCUT2D eigenvalue weighted by molar-refractivity contribution is 0.414. The average Bonchev–Trinajstić information content (AvgIpc) is 3.04. The lowest BCUT2D eigenvalue weighted by atomic mass is 10.1. The van der Waals surface area contributed by atoms with Crippen LogP contribution in [0.5, 0.6) is 0 Å². The number of sulfonamides is 1. The zero-order chi connectivity index (χ0) is 27.7. The van der Waals surface area contributed by atoms with Crippen LogP contribution in [-0.2, 0) is 22.1 Å². The summed E-state index contributed by atoms with van der Waals surface area (Å²) in [5, 5.41) is -0.635. The second kappa shape index (κ2) is 5.95. The van der Waals surface area contributed by atoms with E-state index in [0.717, 1.165) is 7.05 Å². The van der Waals surface area contributed by atoms with Crippen LogP contribution in [0.3, 0.4) is 0 Å². The van der Waals surface area contributed by atoms with E-state index in [2.05, 4.69) is 0 Å². The molecule has 0 bridgehead atoms. The molecule has 0 atom stereocenters. The molecule has 2 aromatic rings. The van der Waals surface area contributed by atoms with Gasteiger partial charge in [0.1, 0.15) is 1.41 Å². The number of rotatable bonds is 6. The summed E-state index contributed by atoms with van der Waals surface area (Å²) in [6, 6.07) is -2.65. The van der Waals surface area contributed by atoms with Crippen molar-refractivity contribution in [2.45, 2.75) is 12.1 Å². The standard InChI is InChI=1S/C14H21N3O2S/c1-15-20(18,19)10-11-4-5-14-13(8-11)12(9-16-14)6-7-17(2)3/h4-5,8-9,15-16H,6-7,10H2,1-3H3/i1D3,2D3,4D,5D,6D2,7D2,8D/hD2. The number of hydrogen-bond acceptors (Lipinski definition) is 3. The molecular formula is C14H21N3O2S. The summed E-state index contributed by atoms with van der Waals surface area (Å²) in [6.07, 6.45) is -2.56. The van der Waals surface area contributed by atoms with Gasteiger partial charge in [-0.05, 0) is 50.6 Å². The number of likely N-dealkylation sites (N-methyl/N-ethyl adjacent to an activating group) is 1. The second-order valence-electron chi connectivity index (χ2n) is 3.86. The maximum Gasteiger partial charge on any atom is 0.215 e. The van der Waals surface area contributed by atoms with Gasteiger partial charge in [0.25, 0.3) is 0 Å². The van der Waals surface area contributed by atoms with Gasteiger partial charge in [0.05, 0.1) is 9.87 Å². The molecule has 5 nitrogen and oxygen atoms in total. The average molecular weight is 310 g/mol. The van der Waals surface area contributed by atoms with Crippen LogP contribution in [0.2, 0.25) is 2.82 Å². The van der Waals surface area contributed by atoms with Crippen molar-refractivity contribution in [2.75, 3.05) is 27.5 Å². The van der Waals surface area contributed by atoms with Crippen LogP contribution in [0.25, 0.3) is 10.9 Å². The predicted octanol–water partition coefficient (Wildman–Crippen LogP) is 1.32. The molecule has 6 heteroatoms. The minimum Gasteiger partial charge on any atom is -0.361 e. The summed E-state index contributed by atoms with van der Waals surface area (Å²) in [7, 11) is -4.20. The molecule has 0 fully saturated rings.